The van der Waals surface area contributed by atoms with Crippen molar-refractivity contribution in [3.05, 3.63) is 238 Å². The van der Waals surface area contributed by atoms with Crippen LogP contribution in [0, 0.1) is 78.6 Å². The van der Waals surface area contributed by atoms with Crippen LogP contribution in [0.1, 0.15) is 48.6 Å². The van der Waals surface area contributed by atoms with Crippen molar-refractivity contribution in [2.75, 3.05) is 39.2 Å². The van der Waals surface area contributed by atoms with E-state index in [1.807, 2.05) is 60.3 Å². The van der Waals surface area contributed by atoms with Crippen molar-refractivity contribution in [2.24, 2.45) is 0 Å². The second-order valence-electron chi connectivity index (χ2n) is 19.4. The van der Waals surface area contributed by atoms with E-state index in [1.54, 1.807) is 0 Å². The van der Waals surface area contributed by atoms with Gasteiger partial charge in [-0.3, -0.25) is 9.97 Å². The summed E-state index contributed by atoms with van der Waals surface area (Å²) in [6.07, 6.45) is 20.3. The maximum atomic E-state index is 5.03. The maximum Gasteiger partial charge on any atom is 0.0124 e. The van der Waals surface area contributed by atoms with Crippen LogP contribution in [-0.2, 0) is 46.3 Å². The smallest absolute Gasteiger partial charge is 0.0124 e. The van der Waals surface area contributed by atoms with Gasteiger partial charge in [0.15, 0.2) is 0 Å². The third-order valence-electron chi connectivity index (χ3n) is 13.1. The third kappa shape index (κ3) is 9.44. The van der Waals surface area contributed by atoms with Crippen molar-refractivity contribution in [1.82, 2.24) is 14.5 Å². The van der Waals surface area contributed by atoms with E-state index in [1.165, 1.54) is 22.3 Å². The molecule has 13 heteroatoms. The summed E-state index contributed by atoms with van der Waals surface area (Å²) in [7, 11) is 0. The minimum atomic E-state index is -0.357. The van der Waals surface area contributed by atoms with Crippen LogP contribution in [0.25, 0.3) is 27.5 Å². The van der Waals surface area contributed by atoms with E-state index in [2.05, 4.69) is 242 Å². The van der Waals surface area contributed by atoms with Gasteiger partial charge in [-0.2, -0.15) is 12.1 Å². The molecule has 0 saturated heterocycles. The van der Waals surface area contributed by atoms with E-state index in [-0.39, 0.29) is 46.3 Å². The first-order chi connectivity index (χ1) is 34.4. The van der Waals surface area contributed by atoms with E-state index < -0.39 is 0 Å². The Balaban J connectivity index is 0.00000306. The first kappa shape index (κ1) is 49.5. The van der Waals surface area contributed by atoms with Crippen molar-refractivity contribution in [1.29, 1.82) is 0 Å². The van der Waals surface area contributed by atoms with Crippen molar-refractivity contribution < 1.29 is 40.8 Å². The van der Waals surface area contributed by atoms with Gasteiger partial charge in [0.25, 0.3) is 0 Å². The van der Waals surface area contributed by atoms with Gasteiger partial charge in [0.2, 0.25) is 0 Å². The Morgan fingerprint density at radius 3 is 0.986 bits per heavy atom. The number of pyridine rings is 2. The number of rotatable bonds is 9. The van der Waals surface area contributed by atoms with Gasteiger partial charge in [0.05, 0.1) is 0 Å². The van der Waals surface area contributed by atoms with Gasteiger partial charge >= 0.3 is 0 Å². The van der Waals surface area contributed by atoms with Crippen LogP contribution in [0.15, 0.2) is 159 Å². The molecule has 0 spiro atoms. The summed E-state index contributed by atoms with van der Waals surface area (Å²) in [6.45, 7) is 23.5. The Kier molecular flexibility index (Phi) is 13.4. The molecule has 374 valence electrons. The predicted molar refractivity (Wildman–Crippen MR) is 289 cm³/mol. The quantitative estimate of drug-likeness (QED) is 0.103. The molecule has 11 nitrogen and oxygen atoms in total. The molecule has 3 aromatic heterocycles. The fourth-order valence-corrected chi connectivity index (χ4v) is 9.24. The fraction of sp³-hybridized carbons (Fsp3) is 0.133. The molecule has 7 heterocycles. The van der Waals surface area contributed by atoms with Gasteiger partial charge in [0, 0.05) is 75.2 Å². The molecule has 12 rings (SSSR count). The van der Waals surface area contributed by atoms with Crippen molar-refractivity contribution in [3.8, 4) is 5.69 Å². The number of nitrogens with zero attached hydrogens (tertiary/aromatic N) is 11. The Morgan fingerprint density at radius 2 is 0.671 bits per heavy atom. The molecular formula is C60H51N11Pd2-8. The van der Waals surface area contributed by atoms with Crippen molar-refractivity contribution >= 4 is 67.6 Å². The summed E-state index contributed by atoms with van der Waals surface area (Å²) in [6, 6.07) is 49.6. The Morgan fingerprint density at radius 1 is 0.384 bits per heavy atom. The second-order valence-corrected chi connectivity index (χ2v) is 19.4. The average Bonchev–Trinajstić information content (AvgIpc) is 4.24. The van der Waals surface area contributed by atoms with Crippen LogP contribution >= 0.6 is 0 Å². The molecule has 5 aromatic carbocycles. The zero-order chi connectivity index (χ0) is 48.5. The van der Waals surface area contributed by atoms with Gasteiger partial charge in [0.1, 0.15) is 0 Å². The topological polar surface area (TPSA) is 56.6 Å². The minimum absolute atomic E-state index is 0. The van der Waals surface area contributed by atoms with Gasteiger partial charge in [-0.15, -0.1) is 43.1 Å². The molecule has 0 atom stereocenters. The molecule has 0 saturated carbocycles. The number of hydrogen-bond donors (Lipinski definition) is 0. The molecule has 0 fully saturated rings. The van der Waals surface area contributed by atoms with E-state index in [4.69, 9.17) is 9.97 Å². The summed E-state index contributed by atoms with van der Waals surface area (Å²) < 4.78 is 2.17. The minimum Gasteiger partial charge on any atom is -0.519 e. The van der Waals surface area contributed by atoms with Crippen LogP contribution in [-0.4, -0.2) is 14.5 Å². The Bertz CT molecular complexity index is 3230. The molecule has 0 amide bonds. The molecule has 0 aliphatic carbocycles. The molecule has 73 heavy (non-hydrogen) atoms. The summed E-state index contributed by atoms with van der Waals surface area (Å²) in [5, 5.41) is 1.75. The SMILES string of the molecule is Cc1ccc(N2C=CN(c3[c-]c4c(cn3)c3cnc(N5C=CN(c6ccc(C)cc6)[CH-]5)[c-]c3n4-c3[c-]c(N4C=CN(c5ccc(C)cc5)[CH-]4)c(C(C)(C)C)c(N4C=CN(c5ccc(C)cc5)[CH-]4)[c-]3)[CH-]2)cc1.[Pd].[Pd]. The van der Waals surface area contributed by atoms with E-state index in [0.717, 1.165) is 61.5 Å². The normalized spacial score (nSPS) is 15.3. The number of aromatic nitrogens is 3. The first-order valence-corrected chi connectivity index (χ1v) is 23.8. The van der Waals surface area contributed by atoms with Crippen LogP contribution in [0.3, 0.4) is 0 Å². The van der Waals surface area contributed by atoms with Crippen LogP contribution in [0.5, 0.6) is 0 Å². The van der Waals surface area contributed by atoms with E-state index in [0.29, 0.717) is 17.3 Å². The maximum absolute atomic E-state index is 5.03. The molecular weight excluding hydrogens is 1090 g/mol. The molecule has 4 aliphatic heterocycles. The molecule has 4 aliphatic rings. The predicted octanol–water partition coefficient (Wildman–Crippen LogP) is 13.0. The average molecular weight is 1140 g/mol. The second kappa shape index (κ2) is 19.7. The monoisotopic (exact) mass is 1140 g/mol. The first-order valence-electron chi connectivity index (χ1n) is 23.8. The largest absolute Gasteiger partial charge is 0.519 e. The van der Waals surface area contributed by atoms with Gasteiger partial charge in [-0.05, 0) is 126 Å². The standard InChI is InChI=1S/C60H51N11.2Pd/c1-42-8-16-46(17-9-42)63-24-28-67(38-63)55-32-50(33-56(59(55)60(5,6)7)68-29-25-64(39-68)47-18-10-43(2)11-19-47)71-53-34-57(69-30-26-65(40-69)48-20-12-44(3)13-21-48)61-36-51(53)52-37-62-58(35-54(52)71)70-31-27-66(41-70)49-22-14-45(4)15-23-49;;/h8-31,36-41H,1-7H3;;/q-8;;. The van der Waals surface area contributed by atoms with Crippen LogP contribution in [0.4, 0.5) is 45.8 Å². The molecule has 0 unspecified atom stereocenters. The summed E-state index contributed by atoms with van der Waals surface area (Å²) in [5.41, 5.74) is 13.8. The molecule has 0 N–H and O–H groups in total. The summed E-state index contributed by atoms with van der Waals surface area (Å²) >= 11 is 0. The Labute approximate surface area is 456 Å². The van der Waals surface area contributed by atoms with Gasteiger partial charge in [-0.25, -0.2) is 33.4 Å². The van der Waals surface area contributed by atoms with Gasteiger partial charge in [-0.1, -0.05) is 104 Å². The number of aryl methyl sites for hydroxylation is 4. The van der Waals surface area contributed by atoms with Crippen molar-refractivity contribution in [3.63, 3.8) is 0 Å². The third-order valence-corrected chi connectivity index (χ3v) is 13.1. The van der Waals surface area contributed by atoms with Crippen LogP contribution < -0.4 is 39.2 Å². The number of hydrogen-bond acceptors (Lipinski definition) is 10. The zero-order valence-electron chi connectivity index (χ0n) is 41.4. The van der Waals surface area contributed by atoms with E-state index in [9.17, 15) is 0 Å². The van der Waals surface area contributed by atoms with Crippen LogP contribution in [0.2, 0.25) is 0 Å². The fourth-order valence-electron chi connectivity index (χ4n) is 9.24. The zero-order valence-corrected chi connectivity index (χ0v) is 44.5. The Hall–Kier alpha value is -7.12. The van der Waals surface area contributed by atoms with Crippen molar-refractivity contribution in [2.45, 2.75) is 53.9 Å². The summed E-state index contributed by atoms with van der Waals surface area (Å²) in [4.78, 5) is 26.9. The number of anilines is 8. The number of benzene rings is 5. The summed E-state index contributed by atoms with van der Waals surface area (Å²) in [5.74, 6) is 1.26. The van der Waals surface area contributed by atoms with Gasteiger partial charge < -0.3 is 55.9 Å². The van der Waals surface area contributed by atoms with E-state index >= 15 is 0 Å². The number of fused-ring (bicyclic) bond motifs is 3. The molecule has 0 radical (unpaired) electrons. The molecule has 0 bridgehead atoms. The molecule has 8 aromatic rings.